The fourth-order valence-electron chi connectivity index (χ4n) is 1.14. The van der Waals surface area contributed by atoms with Crippen molar-refractivity contribution in [1.29, 1.82) is 0 Å². The van der Waals surface area contributed by atoms with Gasteiger partial charge in [-0.2, -0.15) is 5.10 Å². The van der Waals surface area contributed by atoms with Crippen LogP contribution in [0.5, 0.6) is 0 Å². The molecule has 0 fully saturated rings. The molecule has 0 saturated heterocycles. The lowest BCUT2D eigenvalue weighted by Gasteiger charge is -2.26. The van der Waals surface area contributed by atoms with Gasteiger partial charge in [0.2, 0.25) is 5.82 Å². The minimum Gasteiger partial charge on any atom is -0.483 e. The van der Waals surface area contributed by atoms with Crippen LogP contribution in [-0.4, -0.2) is 53.8 Å². The molecule has 1 N–H and O–H groups in total. The number of hydrogen-bond donors (Lipinski definition) is 1. The Morgan fingerprint density at radius 3 is 2.55 bits per heavy atom. The van der Waals surface area contributed by atoms with Gasteiger partial charge in [-0.1, -0.05) is 0 Å². The van der Waals surface area contributed by atoms with Gasteiger partial charge in [0.1, 0.15) is 21.8 Å². The molecule has 1 rings (SSSR count). The fraction of sp³-hybridized carbons (Fsp3) is 0.444. The fourth-order valence-corrected chi connectivity index (χ4v) is 1.14. The minimum absolute atomic E-state index is 0.0136. The maximum Gasteiger partial charge on any atom is 0.584 e. The van der Waals surface area contributed by atoms with Gasteiger partial charge in [-0.3, -0.25) is 41.0 Å². The highest BCUT2D eigenvalue weighted by Crippen LogP contribution is 2.17. The summed E-state index contributed by atoms with van der Waals surface area (Å²) in [7, 11) is 3.12. The van der Waals surface area contributed by atoms with Gasteiger partial charge in [0.15, 0.2) is 6.40 Å². The number of hydrazone groups is 1. The lowest BCUT2D eigenvalue weighted by molar-refractivity contribution is -0.617. The van der Waals surface area contributed by atoms with E-state index >= 15 is 0 Å². The summed E-state index contributed by atoms with van der Waals surface area (Å²) in [5.41, 5.74) is 2.34. The van der Waals surface area contributed by atoms with Crippen LogP contribution in [0.4, 0.5) is 0 Å². The van der Waals surface area contributed by atoms with E-state index in [0.29, 0.717) is 6.61 Å². The van der Waals surface area contributed by atoms with Crippen LogP contribution in [0.1, 0.15) is 6.92 Å². The molecule has 0 aromatic rings. The number of ether oxygens (including phenoxy) is 1. The van der Waals surface area contributed by atoms with Crippen LogP contribution in [0.2, 0.25) is 0 Å². The molecule has 0 spiro atoms. The Hall–Kier alpha value is -3.25. The van der Waals surface area contributed by atoms with E-state index in [1.54, 1.807) is 21.0 Å². The van der Waals surface area contributed by atoms with E-state index in [1.807, 2.05) is 0 Å². The zero-order chi connectivity index (χ0) is 16.7. The minimum atomic E-state index is -1.36. The molecule has 22 heavy (non-hydrogen) atoms. The predicted molar refractivity (Wildman–Crippen MR) is 76.2 cm³/mol. The molecule has 0 saturated carbocycles. The maximum absolute atomic E-state index is 10.8. The first kappa shape index (κ1) is 16.8. The van der Waals surface area contributed by atoms with Gasteiger partial charge >= 0.3 is 5.82 Å². The number of hydrogen-bond acceptors (Lipinski definition) is 10. The number of nitro groups is 2. The second-order valence-electron chi connectivity index (χ2n) is 3.82. The van der Waals surface area contributed by atoms with Crippen LogP contribution in [0.15, 0.2) is 26.7 Å². The van der Waals surface area contributed by atoms with E-state index in [4.69, 9.17) is 4.74 Å². The van der Waals surface area contributed by atoms with Crippen molar-refractivity contribution in [3.05, 3.63) is 37.2 Å². The number of rotatable bonds is 5. The predicted octanol–water partition coefficient (Wildman–Crippen LogP) is -0.103. The Kier molecular flexibility index (Phi) is 5.74. The SMILES string of the molecule is CCO/C=N/NC1=NC(=C([N+](=O)[O-])[N+](=O)[O-])N=C(N(C)C)[N-]1. The van der Waals surface area contributed by atoms with Gasteiger partial charge in [0.05, 0.1) is 6.61 Å². The summed E-state index contributed by atoms with van der Waals surface area (Å²) in [5, 5.41) is 29.1. The second-order valence-corrected chi connectivity index (χ2v) is 3.82. The Morgan fingerprint density at radius 1 is 1.41 bits per heavy atom. The molecule has 1 aliphatic heterocycles. The monoisotopic (exact) mass is 313 g/mol. The van der Waals surface area contributed by atoms with Gasteiger partial charge in [-0.05, 0) is 21.0 Å². The van der Waals surface area contributed by atoms with Crippen molar-refractivity contribution < 1.29 is 14.6 Å². The molecule has 1 heterocycles. The zero-order valence-corrected chi connectivity index (χ0v) is 12.0. The molecule has 0 amide bonds. The van der Waals surface area contributed by atoms with Crippen LogP contribution in [-0.2, 0) is 4.74 Å². The van der Waals surface area contributed by atoms with Crippen LogP contribution >= 0.6 is 0 Å². The van der Waals surface area contributed by atoms with Crippen molar-refractivity contribution >= 4 is 18.3 Å². The highest BCUT2D eigenvalue weighted by Gasteiger charge is 2.31. The number of aliphatic imine (C=N–C) groups is 2. The lowest BCUT2D eigenvalue weighted by atomic mass is 10.6. The third kappa shape index (κ3) is 4.39. The normalized spacial score (nSPS) is 13.9. The average Bonchev–Trinajstić information content (AvgIpc) is 2.42. The quantitative estimate of drug-likeness (QED) is 0.320. The number of nitrogens with one attached hydrogen (secondary N) is 1. The van der Waals surface area contributed by atoms with Crippen LogP contribution in [0, 0.1) is 20.2 Å². The topological polar surface area (TPSA) is 162 Å². The van der Waals surface area contributed by atoms with Crippen molar-refractivity contribution in [2.75, 3.05) is 20.7 Å². The van der Waals surface area contributed by atoms with E-state index in [-0.39, 0.29) is 11.9 Å². The third-order valence-corrected chi connectivity index (χ3v) is 2.03. The molecule has 0 unspecified atom stereocenters. The van der Waals surface area contributed by atoms with Crippen molar-refractivity contribution in [2.24, 2.45) is 15.1 Å². The Balaban J connectivity index is 3.18. The first-order valence-corrected chi connectivity index (χ1v) is 5.85. The summed E-state index contributed by atoms with van der Waals surface area (Å²) in [6.07, 6.45) is 1.07. The largest absolute Gasteiger partial charge is 0.584 e. The molecule has 0 atom stereocenters. The van der Waals surface area contributed by atoms with E-state index in [0.717, 1.165) is 6.40 Å². The number of guanidine groups is 2. The Morgan fingerprint density at radius 2 is 2.05 bits per heavy atom. The van der Waals surface area contributed by atoms with Gasteiger partial charge in [-0.25, -0.2) is 0 Å². The smallest absolute Gasteiger partial charge is 0.483 e. The highest BCUT2D eigenvalue weighted by atomic mass is 16.7. The maximum atomic E-state index is 10.8. The summed E-state index contributed by atoms with van der Waals surface area (Å²) in [5.74, 6) is -2.27. The average molecular weight is 313 g/mol. The molecule has 0 radical (unpaired) electrons. The zero-order valence-electron chi connectivity index (χ0n) is 12.0. The summed E-state index contributed by atoms with van der Waals surface area (Å²) in [4.78, 5) is 27.9. The van der Waals surface area contributed by atoms with Crippen LogP contribution in [0.25, 0.3) is 5.32 Å². The second kappa shape index (κ2) is 7.51. The summed E-state index contributed by atoms with van der Waals surface area (Å²) in [6, 6.07) is 0. The van der Waals surface area contributed by atoms with E-state index in [2.05, 4.69) is 25.8 Å². The molecule has 0 bridgehead atoms. The van der Waals surface area contributed by atoms with E-state index in [1.165, 1.54) is 4.90 Å². The molecule has 0 aliphatic carbocycles. The van der Waals surface area contributed by atoms with Gasteiger partial charge < -0.3 is 9.64 Å². The first-order valence-electron chi connectivity index (χ1n) is 5.85. The first-order chi connectivity index (χ1) is 10.4. The van der Waals surface area contributed by atoms with Crippen molar-refractivity contribution in [3.8, 4) is 0 Å². The molecule has 1 aliphatic rings. The highest BCUT2D eigenvalue weighted by molar-refractivity contribution is 6.17. The van der Waals surface area contributed by atoms with Crippen LogP contribution < -0.4 is 5.43 Å². The van der Waals surface area contributed by atoms with E-state index in [9.17, 15) is 20.2 Å². The molecule has 0 aromatic carbocycles. The summed E-state index contributed by atoms with van der Waals surface area (Å²) >= 11 is 0. The standard InChI is InChI=1S/C9H13N8O5/c1-4-22-5-10-14-8-11-6(7(16(18)19)17(20)21)12-9(13-8)15(2)3/h5H,4H2,1-3H3,(H-,11,12,13,14)/q-1/b10-5+. The van der Waals surface area contributed by atoms with Crippen molar-refractivity contribution in [1.82, 2.24) is 10.3 Å². The van der Waals surface area contributed by atoms with Crippen LogP contribution in [0.3, 0.4) is 0 Å². The van der Waals surface area contributed by atoms with Gasteiger partial charge in [0.25, 0.3) is 0 Å². The van der Waals surface area contributed by atoms with Crippen molar-refractivity contribution in [2.45, 2.75) is 6.92 Å². The molecular weight excluding hydrogens is 300 g/mol. The number of nitrogens with zero attached hydrogens (tertiary/aromatic N) is 7. The Bertz CT molecular complexity index is 563. The van der Waals surface area contributed by atoms with Gasteiger partial charge in [-0.15, -0.1) is 0 Å². The molecular formula is C9H13N8O5-. The van der Waals surface area contributed by atoms with Crippen molar-refractivity contribution in [3.63, 3.8) is 0 Å². The Labute approximate surface area is 124 Å². The third-order valence-electron chi connectivity index (χ3n) is 2.03. The summed E-state index contributed by atoms with van der Waals surface area (Å²) in [6.45, 7) is 2.13. The molecule has 13 heteroatoms. The molecule has 13 nitrogen and oxygen atoms in total. The van der Waals surface area contributed by atoms with E-state index < -0.39 is 21.5 Å². The lowest BCUT2D eigenvalue weighted by Crippen LogP contribution is -2.31. The molecule has 0 aromatic heterocycles. The van der Waals surface area contributed by atoms with Gasteiger partial charge in [0, 0.05) is 0 Å². The summed E-state index contributed by atoms with van der Waals surface area (Å²) < 4.78 is 4.83. The molecule has 120 valence electrons.